The predicted octanol–water partition coefficient (Wildman–Crippen LogP) is 2.24. The summed E-state index contributed by atoms with van der Waals surface area (Å²) in [6, 6.07) is 14.5. The number of urea groups is 1. The van der Waals surface area contributed by atoms with Crippen molar-refractivity contribution in [2.45, 2.75) is 19.0 Å². The number of fused-ring (bicyclic) bond motifs is 1. The second-order valence-corrected chi connectivity index (χ2v) is 7.94. The monoisotopic (exact) mass is 405 g/mol. The maximum absolute atomic E-state index is 13.2. The van der Waals surface area contributed by atoms with Crippen molar-refractivity contribution in [2.75, 3.05) is 0 Å². The van der Waals surface area contributed by atoms with Crippen molar-refractivity contribution in [3.63, 3.8) is 0 Å². The number of hydrogen-bond donors (Lipinski definition) is 1. The zero-order chi connectivity index (χ0) is 20.0. The fourth-order valence-electron chi connectivity index (χ4n) is 3.40. The molecular formula is C19H15N7O2S. The lowest BCUT2D eigenvalue weighted by atomic mass is 9.91. The summed E-state index contributed by atoms with van der Waals surface area (Å²) in [5, 5.41) is 14.7. The molecule has 1 aliphatic rings. The first kappa shape index (κ1) is 17.4. The van der Waals surface area contributed by atoms with E-state index < -0.39 is 11.6 Å². The average molecular weight is 405 g/mol. The molecule has 1 atom stereocenters. The van der Waals surface area contributed by atoms with Gasteiger partial charge in [0.2, 0.25) is 0 Å². The summed E-state index contributed by atoms with van der Waals surface area (Å²) < 4.78 is 2.51. The van der Waals surface area contributed by atoms with E-state index in [-0.39, 0.29) is 12.5 Å². The molecule has 1 aliphatic heterocycles. The Morgan fingerprint density at radius 3 is 2.79 bits per heavy atom. The molecular weight excluding hydrogens is 390 g/mol. The van der Waals surface area contributed by atoms with Crippen molar-refractivity contribution in [1.29, 1.82) is 0 Å². The first-order chi connectivity index (χ1) is 14.0. The topological polar surface area (TPSA) is 106 Å². The van der Waals surface area contributed by atoms with Crippen LogP contribution < -0.4 is 5.32 Å². The summed E-state index contributed by atoms with van der Waals surface area (Å²) in [5.74, 6) is -0.323. The molecule has 4 aromatic rings. The fraction of sp³-hybridized carbons (Fsp3) is 0.158. The van der Waals surface area contributed by atoms with Crippen LogP contribution in [-0.4, -0.2) is 42.0 Å². The van der Waals surface area contributed by atoms with E-state index in [4.69, 9.17) is 0 Å². The number of carbonyl (C=O) groups is 2. The SMILES string of the molecule is CC1(c2cccc(-n3cnnn3)c2)NC(=O)N(Cc2nc3ccccc3s2)C1=O. The molecule has 0 bridgehead atoms. The van der Waals surface area contributed by atoms with Gasteiger partial charge in [0.1, 0.15) is 16.9 Å². The third-order valence-electron chi connectivity index (χ3n) is 4.94. The summed E-state index contributed by atoms with van der Waals surface area (Å²) in [6.07, 6.45) is 1.47. The number of nitrogens with one attached hydrogen (secondary N) is 1. The molecule has 29 heavy (non-hydrogen) atoms. The van der Waals surface area contributed by atoms with Gasteiger partial charge in [-0.15, -0.1) is 16.4 Å². The number of aromatic nitrogens is 5. The quantitative estimate of drug-likeness (QED) is 0.522. The predicted molar refractivity (Wildman–Crippen MR) is 105 cm³/mol. The molecule has 10 heteroatoms. The molecule has 3 amide bonds. The summed E-state index contributed by atoms with van der Waals surface area (Å²) in [6.45, 7) is 1.83. The maximum Gasteiger partial charge on any atom is 0.325 e. The molecule has 3 heterocycles. The highest BCUT2D eigenvalue weighted by molar-refractivity contribution is 7.18. The van der Waals surface area contributed by atoms with Crippen molar-refractivity contribution < 1.29 is 9.59 Å². The molecule has 2 aromatic carbocycles. The van der Waals surface area contributed by atoms with Crippen LogP contribution >= 0.6 is 11.3 Å². The molecule has 0 aliphatic carbocycles. The van der Waals surface area contributed by atoms with Crippen LogP contribution in [0, 0.1) is 0 Å². The van der Waals surface area contributed by atoms with Gasteiger partial charge in [-0.05, 0) is 47.2 Å². The minimum atomic E-state index is -1.18. The van der Waals surface area contributed by atoms with Crippen molar-refractivity contribution in [3.8, 4) is 5.69 Å². The van der Waals surface area contributed by atoms with Crippen molar-refractivity contribution >= 4 is 33.5 Å². The van der Waals surface area contributed by atoms with Crippen LogP contribution in [0.15, 0.2) is 54.9 Å². The number of nitrogens with zero attached hydrogens (tertiary/aromatic N) is 6. The molecule has 1 N–H and O–H groups in total. The molecule has 2 aromatic heterocycles. The van der Waals surface area contributed by atoms with Gasteiger partial charge >= 0.3 is 6.03 Å². The number of imide groups is 1. The number of tetrazole rings is 1. The Morgan fingerprint density at radius 2 is 2.00 bits per heavy atom. The van der Waals surface area contributed by atoms with Crippen LogP contribution in [0.25, 0.3) is 15.9 Å². The van der Waals surface area contributed by atoms with E-state index in [1.54, 1.807) is 25.1 Å². The third kappa shape index (κ3) is 2.85. The molecule has 9 nitrogen and oxygen atoms in total. The van der Waals surface area contributed by atoms with E-state index in [1.165, 1.54) is 27.2 Å². The number of thiazole rings is 1. The van der Waals surface area contributed by atoms with E-state index in [9.17, 15) is 9.59 Å². The standard InChI is InChI=1S/C19H15N7O2S/c1-19(12-5-4-6-13(9-12)26-11-20-23-24-26)17(27)25(18(28)22-19)10-16-21-14-7-2-3-8-15(14)29-16/h2-9,11H,10H2,1H3,(H,22,28). The van der Waals surface area contributed by atoms with Crippen LogP contribution in [0.3, 0.4) is 0 Å². The fourth-order valence-corrected chi connectivity index (χ4v) is 4.35. The highest BCUT2D eigenvalue weighted by Gasteiger charge is 2.49. The minimum absolute atomic E-state index is 0.131. The molecule has 1 unspecified atom stereocenters. The van der Waals surface area contributed by atoms with Crippen LogP contribution in [-0.2, 0) is 16.9 Å². The number of hydrogen-bond acceptors (Lipinski definition) is 7. The Balaban J connectivity index is 1.45. The second-order valence-electron chi connectivity index (χ2n) is 6.83. The second kappa shape index (κ2) is 6.45. The van der Waals surface area contributed by atoms with Crippen LogP contribution in [0.1, 0.15) is 17.5 Å². The Labute approximate surface area is 169 Å². The molecule has 0 radical (unpaired) electrons. The number of rotatable bonds is 4. The molecule has 1 saturated heterocycles. The Bertz CT molecular complexity index is 1200. The normalized spacial score (nSPS) is 19.1. The zero-order valence-electron chi connectivity index (χ0n) is 15.3. The van der Waals surface area contributed by atoms with Crippen LogP contribution in [0.2, 0.25) is 0 Å². The maximum atomic E-state index is 13.2. The summed E-state index contributed by atoms with van der Waals surface area (Å²) in [4.78, 5) is 31.6. The summed E-state index contributed by atoms with van der Waals surface area (Å²) >= 11 is 1.47. The van der Waals surface area contributed by atoms with Gasteiger partial charge in [0, 0.05) is 0 Å². The lowest BCUT2D eigenvalue weighted by molar-refractivity contribution is -0.131. The van der Waals surface area contributed by atoms with Gasteiger partial charge < -0.3 is 5.32 Å². The van der Waals surface area contributed by atoms with E-state index in [1.807, 2.05) is 30.3 Å². The lowest BCUT2D eigenvalue weighted by Crippen LogP contribution is -2.40. The number of carbonyl (C=O) groups excluding carboxylic acids is 2. The molecule has 5 rings (SSSR count). The van der Waals surface area contributed by atoms with Crippen LogP contribution in [0.4, 0.5) is 4.79 Å². The first-order valence-corrected chi connectivity index (χ1v) is 9.69. The van der Waals surface area contributed by atoms with E-state index >= 15 is 0 Å². The van der Waals surface area contributed by atoms with Gasteiger partial charge in [0.25, 0.3) is 5.91 Å². The van der Waals surface area contributed by atoms with Gasteiger partial charge in [0.15, 0.2) is 0 Å². The molecule has 144 valence electrons. The molecule has 1 fully saturated rings. The number of benzene rings is 2. The van der Waals surface area contributed by atoms with Gasteiger partial charge in [0.05, 0.1) is 22.4 Å². The van der Waals surface area contributed by atoms with E-state index in [0.29, 0.717) is 16.3 Å². The average Bonchev–Trinajstić information content (AvgIpc) is 3.44. The largest absolute Gasteiger partial charge is 0.325 e. The summed E-state index contributed by atoms with van der Waals surface area (Å²) in [5.41, 5.74) is 1.02. The van der Waals surface area contributed by atoms with Gasteiger partial charge in [-0.25, -0.2) is 14.5 Å². The lowest BCUT2D eigenvalue weighted by Gasteiger charge is -2.22. The third-order valence-corrected chi connectivity index (χ3v) is 5.96. The van der Waals surface area contributed by atoms with Crippen molar-refractivity contribution in [1.82, 2.24) is 35.4 Å². The van der Waals surface area contributed by atoms with Crippen molar-refractivity contribution in [2.24, 2.45) is 0 Å². The molecule has 0 saturated carbocycles. The van der Waals surface area contributed by atoms with Crippen LogP contribution in [0.5, 0.6) is 0 Å². The summed E-state index contributed by atoms with van der Waals surface area (Å²) in [7, 11) is 0. The first-order valence-electron chi connectivity index (χ1n) is 8.87. The van der Waals surface area contributed by atoms with Gasteiger partial charge in [-0.3, -0.25) is 9.69 Å². The highest BCUT2D eigenvalue weighted by Crippen LogP contribution is 2.32. The van der Waals surface area contributed by atoms with E-state index in [0.717, 1.165) is 10.2 Å². The Morgan fingerprint density at radius 1 is 1.14 bits per heavy atom. The smallest absolute Gasteiger partial charge is 0.319 e. The molecule has 0 spiro atoms. The zero-order valence-corrected chi connectivity index (χ0v) is 16.1. The van der Waals surface area contributed by atoms with Gasteiger partial charge in [-0.2, -0.15) is 0 Å². The highest BCUT2D eigenvalue weighted by atomic mass is 32.1. The Hall–Kier alpha value is -3.66. The Kier molecular flexibility index (Phi) is 3.88. The number of para-hydroxylation sites is 1. The van der Waals surface area contributed by atoms with Crippen molar-refractivity contribution in [3.05, 3.63) is 65.4 Å². The minimum Gasteiger partial charge on any atom is -0.319 e. The van der Waals surface area contributed by atoms with Gasteiger partial charge in [-0.1, -0.05) is 24.3 Å². The van der Waals surface area contributed by atoms with E-state index in [2.05, 4.69) is 25.8 Å². The number of amides is 3.